The van der Waals surface area contributed by atoms with Crippen molar-refractivity contribution in [1.29, 1.82) is 0 Å². The summed E-state index contributed by atoms with van der Waals surface area (Å²) in [6.07, 6.45) is 12.8. The molecule has 0 radical (unpaired) electrons. The Kier molecular flexibility index (Phi) is 16.8. The molecule has 0 aliphatic heterocycles. The third-order valence-electron chi connectivity index (χ3n) is 9.92. The SMILES string of the molecule is C.C.C.C.CC.Cc1ccc(C(C)(/C=C\c2c(C)c(C3=C(Cc4cc(C)cc(C)c4)CCC=C3)c3ccccc3c2C)c2ccc(C)cc2)cc1. The molecule has 5 aromatic carbocycles. The van der Waals surface area contributed by atoms with Gasteiger partial charge in [-0.25, -0.2) is 0 Å². The molecule has 1 aliphatic rings. The first kappa shape index (κ1) is 44.6. The lowest BCUT2D eigenvalue weighted by Gasteiger charge is -2.29. The monoisotopic (exact) mass is 681 g/mol. The van der Waals surface area contributed by atoms with E-state index in [1.165, 1.54) is 77.5 Å². The van der Waals surface area contributed by atoms with Gasteiger partial charge in [0.1, 0.15) is 0 Å². The molecule has 0 saturated carbocycles. The lowest BCUT2D eigenvalue weighted by molar-refractivity contribution is 0.726. The Morgan fingerprint density at radius 1 is 0.608 bits per heavy atom. The van der Waals surface area contributed by atoms with Crippen LogP contribution in [-0.4, -0.2) is 0 Å². The highest BCUT2D eigenvalue weighted by Gasteiger charge is 2.27. The lowest BCUT2D eigenvalue weighted by atomic mass is 9.74. The van der Waals surface area contributed by atoms with E-state index in [1.807, 2.05) is 13.8 Å². The van der Waals surface area contributed by atoms with Crippen molar-refractivity contribution in [2.24, 2.45) is 0 Å². The van der Waals surface area contributed by atoms with E-state index >= 15 is 0 Å². The van der Waals surface area contributed by atoms with Crippen LogP contribution in [0.5, 0.6) is 0 Å². The van der Waals surface area contributed by atoms with Crippen LogP contribution in [-0.2, 0) is 11.8 Å². The molecule has 0 heterocycles. The Balaban J connectivity index is 0.00000213. The van der Waals surface area contributed by atoms with Crippen molar-refractivity contribution in [2.45, 2.75) is 117 Å². The second kappa shape index (κ2) is 19.3. The van der Waals surface area contributed by atoms with Gasteiger partial charge < -0.3 is 0 Å². The summed E-state index contributed by atoms with van der Waals surface area (Å²) in [7, 11) is 0. The number of aryl methyl sites for hydroxylation is 5. The third kappa shape index (κ3) is 9.48. The maximum Gasteiger partial charge on any atom is 0.0356 e. The third-order valence-corrected chi connectivity index (χ3v) is 9.92. The zero-order valence-corrected chi connectivity index (χ0v) is 30.1. The molecular formula is C51H68. The molecule has 6 rings (SSSR count). The minimum atomic E-state index is -0.274. The molecule has 1 aliphatic carbocycles. The highest BCUT2D eigenvalue weighted by Crippen LogP contribution is 2.41. The molecule has 0 N–H and O–H groups in total. The molecule has 0 heteroatoms. The number of benzene rings is 5. The first-order valence-corrected chi connectivity index (χ1v) is 17.5. The van der Waals surface area contributed by atoms with Gasteiger partial charge in [0.2, 0.25) is 0 Å². The van der Waals surface area contributed by atoms with E-state index in [0.29, 0.717) is 0 Å². The van der Waals surface area contributed by atoms with E-state index in [9.17, 15) is 0 Å². The fraction of sp³-hybridized carbons (Fsp3) is 0.333. The molecule has 272 valence electrons. The number of rotatable bonds is 7. The largest absolute Gasteiger partial charge is 0.0836 e. The van der Waals surface area contributed by atoms with Crippen molar-refractivity contribution < 1.29 is 0 Å². The Morgan fingerprint density at radius 3 is 1.65 bits per heavy atom. The zero-order valence-electron chi connectivity index (χ0n) is 30.1. The van der Waals surface area contributed by atoms with Crippen molar-refractivity contribution in [1.82, 2.24) is 0 Å². The number of fused-ring (bicyclic) bond motifs is 1. The molecule has 0 unspecified atom stereocenters. The van der Waals surface area contributed by atoms with E-state index in [2.05, 4.69) is 164 Å². The molecule has 0 amide bonds. The van der Waals surface area contributed by atoms with Crippen molar-refractivity contribution in [3.63, 3.8) is 0 Å². The number of hydrogen-bond acceptors (Lipinski definition) is 0. The predicted octanol–water partition coefficient (Wildman–Crippen LogP) is 15.6. The van der Waals surface area contributed by atoms with Crippen LogP contribution in [0, 0.1) is 41.5 Å². The average Bonchev–Trinajstić information content (AvgIpc) is 3.06. The topological polar surface area (TPSA) is 0 Å². The summed E-state index contributed by atoms with van der Waals surface area (Å²) >= 11 is 0. The fourth-order valence-electron chi connectivity index (χ4n) is 7.37. The highest BCUT2D eigenvalue weighted by molar-refractivity contribution is 6.02. The summed E-state index contributed by atoms with van der Waals surface area (Å²) < 4.78 is 0. The molecule has 51 heavy (non-hydrogen) atoms. The minimum absolute atomic E-state index is 0. The van der Waals surface area contributed by atoms with Crippen molar-refractivity contribution in [2.75, 3.05) is 0 Å². The Bertz CT molecular complexity index is 1890. The van der Waals surface area contributed by atoms with Gasteiger partial charge in [-0.05, 0) is 123 Å². The van der Waals surface area contributed by atoms with Crippen LogP contribution in [0.15, 0.2) is 115 Å². The molecule has 5 aromatic rings. The van der Waals surface area contributed by atoms with Gasteiger partial charge in [0.15, 0.2) is 0 Å². The number of allylic oxidation sites excluding steroid dienone is 5. The maximum atomic E-state index is 2.44. The van der Waals surface area contributed by atoms with Gasteiger partial charge >= 0.3 is 0 Å². The van der Waals surface area contributed by atoms with Crippen LogP contribution in [0.4, 0.5) is 0 Å². The summed E-state index contributed by atoms with van der Waals surface area (Å²) in [6, 6.07) is 34.1. The minimum Gasteiger partial charge on any atom is -0.0836 e. The van der Waals surface area contributed by atoms with Crippen molar-refractivity contribution in [3.05, 3.63) is 176 Å². The normalized spacial score (nSPS) is 12.3. The second-order valence-corrected chi connectivity index (χ2v) is 13.5. The number of hydrogen-bond donors (Lipinski definition) is 0. The molecular weight excluding hydrogens is 613 g/mol. The van der Waals surface area contributed by atoms with Crippen LogP contribution < -0.4 is 0 Å². The van der Waals surface area contributed by atoms with Gasteiger partial charge in [-0.3, -0.25) is 0 Å². The highest BCUT2D eigenvalue weighted by atomic mass is 14.3. The van der Waals surface area contributed by atoms with Crippen LogP contribution in [0.1, 0.15) is 125 Å². The Labute approximate surface area is 314 Å². The summed E-state index contributed by atoms with van der Waals surface area (Å²) in [5.41, 5.74) is 17.4. The van der Waals surface area contributed by atoms with Crippen LogP contribution in [0.2, 0.25) is 0 Å². The Hall–Kier alpha value is -4.42. The second-order valence-electron chi connectivity index (χ2n) is 13.5. The van der Waals surface area contributed by atoms with Gasteiger partial charge in [-0.15, -0.1) is 0 Å². The Morgan fingerprint density at radius 2 is 1.12 bits per heavy atom. The lowest BCUT2D eigenvalue weighted by Crippen LogP contribution is -2.20. The van der Waals surface area contributed by atoms with Gasteiger partial charge in [-0.2, -0.15) is 0 Å². The summed E-state index contributed by atoms with van der Waals surface area (Å²) in [5, 5.41) is 2.69. The molecule has 0 fully saturated rings. The summed E-state index contributed by atoms with van der Waals surface area (Å²) in [4.78, 5) is 0. The van der Waals surface area contributed by atoms with Crippen LogP contribution >= 0.6 is 0 Å². The molecule has 0 saturated heterocycles. The smallest absolute Gasteiger partial charge is 0.0356 e. The standard InChI is InChI=1S/C45H46.C2H6.4CH4/c1-30-16-20-38(21-17-30)45(7,39-22-18-31(2)19-23-39)25-24-40-34(5)41-13-10-11-15-43(41)44(35(40)6)42-14-9-8-12-37(42)29-36-27-32(3)26-33(4)28-36;1-2;;;;/h9-11,13-28H,8,12,29H2,1-7H3;1-2H3;4*1H4/b25-24-;;;;;. The molecule has 0 atom stereocenters. The van der Waals surface area contributed by atoms with Gasteiger partial charge in [0.25, 0.3) is 0 Å². The van der Waals surface area contributed by atoms with E-state index in [-0.39, 0.29) is 35.1 Å². The molecule has 0 bridgehead atoms. The van der Waals surface area contributed by atoms with Gasteiger partial charge in [-0.1, -0.05) is 187 Å². The molecule has 0 aromatic heterocycles. The first-order valence-electron chi connectivity index (χ1n) is 17.5. The fourth-order valence-corrected chi connectivity index (χ4v) is 7.37. The quantitative estimate of drug-likeness (QED) is 0.160. The predicted molar refractivity (Wildman–Crippen MR) is 234 cm³/mol. The van der Waals surface area contributed by atoms with E-state index in [4.69, 9.17) is 0 Å². The summed E-state index contributed by atoms with van der Waals surface area (Å²) in [5.74, 6) is 0. The molecule has 0 nitrogen and oxygen atoms in total. The van der Waals surface area contributed by atoms with E-state index in [1.54, 1.807) is 5.57 Å². The first-order chi connectivity index (χ1) is 22.6. The van der Waals surface area contributed by atoms with Crippen LogP contribution in [0.3, 0.4) is 0 Å². The van der Waals surface area contributed by atoms with Crippen LogP contribution in [0.25, 0.3) is 22.4 Å². The van der Waals surface area contributed by atoms with Gasteiger partial charge in [0, 0.05) is 5.41 Å². The molecule has 0 spiro atoms. The average molecular weight is 681 g/mol. The van der Waals surface area contributed by atoms with E-state index in [0.717, 1.165) is 19.3 Å². The van der Waals surface area contributed by atoms with Crippen molar-refractivity contribution >= 4 is 22.4 Å². The van der Waals surface area contributed by atoms with Gasteiger partial charge in [0.05, 0.1) is 0 Å². The summed E-state index contributed by atoms with van der Waals surface area (Å²) in [6.45, 7) is 19.8. The zero-order chi connectivity index (χ0) is 33.7. The maximum absolute atomic E-state index is 2.44. The van der Waals surface area contributed by atoms with E-state index < -0.39 is 0 Å². The van der Waals surface area contributed by atoms with Crippen molar-refractivity contribution in [3.8, 4) is 0 Å².